The second-order valence-electron chi connectivity index (χ2n) is 4.47. The highest BCUT2D eigenvalue weighted by molar-refractivity contribution is 5.91. The van der Waals surface area contributed by atoms with Crippen LogP contribution in [-0.2, 0) is 14.3 Å². The normalized spacial score (nSPS) is 13.3. The average molecular weight is 278 g/mol. The first-order chi connectivity index (χ1) is 9.45. The van der Waals surface area contributed by atoms with E-state index < -0.39 is 24.1 Å². The summed E-state index contributed by atoms with van der Waals surface area (Å²) in [5, 5.41) is 9.20. The van der Waals surface area contributed by atoms with Gasteiger partial charge in [0.25, 0.3) is 0 Å². The van der Waals surface area contributed by atoms with Crippen molar-refractivity contribution in [2.45, 2.75) is 25.6 Å². The molecule has 0 unspecified atom stereocenters. The second-order valence-corrected chi connectivity index (χ2v) is 4.47. The Bertz CT molecular complexity index is 480. The van der Waals surface area contributed by atoms with Crippen LogP contribution < -0.4 is 0 Å². The van der Waals surface area contributed by atoms with E-state index in [0.29, 0.717) is 12.0 Å². The van der Waals surface area contributed by atoms with Crippen molar-refractivity contribution in [1.29, 1.82) is 0 Å². The van der Waals surface area contributed by atoms with Crippen LogP contribution in [0.25, 0.3) is 0 Å². The molecule has 1 aromatic rings. The van der Waals surface area contributed by atoms with E-state index in [1.807, 2.05) is 0 Å². The number of aliphatic carboxylic acids is 1. The molecular weight excluding hydrogens is 260 g/mol. The van der Waals surface area contributed by atoms with Gasteiger partial charge in [-0.3, -0.25) is 0 Å². The van der Waals surface area contributed by atoms with Crippen LogP contribution in [0.5, 0.6) is 0 Å². The zero-order valence-electron chi connectivity index (χ0n) is 11.5. The molecule has 2 atom stereocenters. The molecule has 0 aliphatic carbocycles. The van der Waals surface area contributed by atoms with Crippen LogP contribution in [-0.4, -0.2) is 36.4 Å². The van der Waals surface area contributed by atoms with Crippen molar-refractivity contribution in [1.82, 2.24) is 0 Å². The third-order valence-corrected chi connectivity index (χ3v) is 2.68. The van der Waals surface area contributed by atoms with Gasteiger partial charge < -0.3 is 14.6 Å². The maximum atomic E-state index is 11.9. The Kier molecular flexibility index (Phi) is 5.93. The smallest absolute Gasteiger partial charge is 0.347 e. The number of hydrogen-bond donors (Lipinski definition) is 1. The van der Waals surface area contributed by atoms with Gasteiger partial charge in [-0.2, -0.15) is 0 Å². The van der Waals surface area contributed by atoms with Crippen LogP contribution in [0.15, 0.2) is 42.5 Å². The summed E-state index contributed by atoms with van der Waals surface area (Å²) in [5.74, 6) is -1.94. The quantitative estimate of drug-likeness (QED) is 0.612. The number of hydrogen-bond acceptors (Lipinski definition) is 4. The summed E-state index contributed by atoms with van der Waals surface area (Å²) in [7, 11) is 1.37. The van der Waals surface area contributed by atoms with Gasteiger partial charge in [0.2, 0.25) is 6.10 Å². The van der Waals surface area contributed by atoms with Crippen molar-refractivity contribution in [3.63, 3.8) is 0 Å². The summed E-state index contributed by atoms with van der Waals surface area (Å²) in [6, 6.07) is 8.22. The van der Waals surface area contributed by atoms with Gasteiger partial charge in [-0.05, 0) is 25.5 Å². The Morgan fingerprint density at radius 2 is 1.90 bits per heavy atom. The topological polar surface area (TPSA) is 72.8 Å². The molecule has 0 amide bonds. The summed E-state index contributed by atoms with van der Waals surface area (Å²) >= 11 is 0. The fourth-order valence-corrected chi connectivity index (χ4v) is 1.70. The highest BCUT2D eigenvalue weighted by Crippen LogP contribution is 2.15. The molecule has 0 aliphatic heterocycles. The van der Waals surface area contributed by atoms with Gasteiger partial charge in [-0.15, -0.1) is 6.58 Å². The van der Waals surface area contributed by atoms with Crippen LogP contribution in [0.1, 0.15) is 23.7 Å². The molecular formula is C15H18O5. The molecule has 0 bridgehead atoms. The first-order valence-corrected chi connectivity index (χ1v) is 6.11. The third-order valence-electron chi connectivity index (χ3n) is 2.68. The predicted molar refractivity (Wildman–Crippen MR) is 73.5 cm³/mol. The van der Waals surface area contributed by atoms with Gasteiger partial charge in [0.05, 0.1) is 5.56 Å². The number of carboxylic acid groups (broad SMARTS) is 1. The first kappa shape index (κ1) is 15.9. The molecule has 0 radical (unpaired) electrons. The van der Waals surface area contributed by atoms with Crippen LogP contribution in [0.2, 0.25) is 0 Å². The second kappa shape index (κ2) is 7.45. The lowest BCUT2D eigenvalue weighted by Crippen LogP contribution is -2.39. The highest BCUT2D eigenvalue weighted by atomic mass is 16.6. The van der Waals surface area contributed by atoms with Crippen molar-refractivity contribution < 1.29 is 24.2 Å². The van der Waals surface area contributed by atoms with E-state index >= 15 is 0 Å². The molecule has 0 fully saturated rings. The maximum Gasteiger partial charge on any atom is 0.347 e. The minimum absolute atomic E-state index is 0.295. The Morgan fingerprint density at radius 3 is 2.35 bits per heavy atom. The monoisotopic (exact) mass is 278 g/mol. The highest BCUT2D eigenvalue weighted by Gasteiger charge is 2.32. The largest absolute Gasteiger partial charge is 0.478 e. The van der Waals surface area contributed by atoms with Crippen LogP contribution >= 0.6 is 0 Å². The van der Waals surface area contributed by atoms with Gasteiger partial charge in [0, 0.05) is 7.11 Å². The molecule has 0 saturated carbocycles. The van der Waals surface area contributed by atoms with E-state index in [-0.39, 0.29) is 0 Å². The number of esters is 1. The Labute approximate surface area is 117 Å². The molecule has 0 aromatic heterocycles. The van der Waals surface area contributed by atoms with Crippen molar-refractivity contribution in [3.8, 4) is 0 Å². The van der Waals surface area contributed by atoms with E-state index in [4.69, 9.17) is 9.47 Å². The zero-order valence-corrected chi connectivity index (χ0v) is 11.5. The van der Waals surface area contributed by atoms with E-state index in [9.17, 15) is 14.7 Å². The molecule has 20 heavy (non-hydrogen) atoms. The Hall–Kier alpha value is -2.14. The molecule has 0 spiro atoms. The Balaban J connectivity index is 2.84. The van der Waals surface area contributed by atoms with Crippen molar-refractivity contribution >= 4 is 11.9 Å². The zero-order chi connectivity index (χ0) is 15.1. The number of benzene rings is 1. The summed E-state index contributed by atoms with van der Waals surface area (Å²) in [4.78, 5) is 23.2. The first-order valence-electron chi connectivity index (χ1n) is 6.11. The minimum atomic E-state index is -1.37. The third kappa shape index (κ3) is 4.51. The number of carbonyl (C=O) groups excluding carboxylic acids is 1. The van der Waals surface area contributed by atoms with E-state index in [2.05, 4.69) is 6.58 Å². The summed E-state index contributed by atoms with van der Waals surface area (Å²) in [6.45, 7) is 5.46. The molecule has 5 nitrogen and oxygen atoms in total. The van der Waals surface area contributed by atoms with Gasteiger partial charge in [-0.1, -0.05) is 23.8 Å². The lowest BCUT2D eigenvalue weighted by molar-refractivity contribution is -0.154. The van der Waals surface area contributed by atoms with Crippen molar-refractivity contribution in [3.05, 3.63) is 48.0 Å². The number of rotatable bonds is 7. The van der Waals surface area contributed by atoms with E-state index in [1.54, 1.807) is 37.3 Å². The van der Waals surface area contributed by atoms with Gasteiger partial charge in [-0.25, -0.2) is 9.59 Å². The number of ether oxygens (including phenoxy) is 2. The molecule has 1 rings (SSSR count). The molecule has 1 N–H and O–H groups in total. The van der Waals surface area contributed by atoms with Crippen molar-refractivity contribution in [2.24, 2.45) is 0 Å². The maximum absolute atomic E-state index is 11.9. The number of methoxy groups -OCH3 is 1. The lowest BCUT2D eigenvalue weighted by Gasteiger charge is -2.22. The van der Waals surface area contributed by atoms with E-state index in [1.165, 1.54) is 7.11 Å². The van der Waals surface area contributed by atoms with E-state index in [0.717, 1.165) is 5.57 Å². The molecule has 1 aromatic carbocycles. The predicted octanol–water partition coefficient (Wildman–Crippen LogP) is 2.28. The molecule has 0 aliphatic rings. The summed E-state index contributed by atoms with van der Waals surface area (Å²) < 4.78 is 10.1. The fourth-order valence-electron chi connectivity index (χ4n) is 1.70. The van der Waals surface area contributed by atoms with Gasteiger partial charge >= 0.3 is 11.9 Å². The standard InChI is InChI=1S/C15H18O5/c1-10(2)9-12(19-3)13(14(16)17)20-15(18)11-7-5-4-6-8-11/h4-8,12-13H,1,9H2,2-3H3,(H,16,17)/t12-,13-/m0/s1. The van der Waals surface area contributed by atoms with Crippen LogP contribution in [0.4, 0.5) is 0 Å². The molecule has 5 heteroatoms. The average Bonchev–Trinajstić information content (AvgIpc) is 2.42. The lowest BCUT2D eigenvalue weighted by atomic mass is 10.1. The molecule has 0 heterocycles. The van der Waals surface area contributed by atoms with Crippen molar-refractivity contribution in [2.75, 3.05) is 7.11 Å². The summed E-state index contributed by atoms with van der Waals surface area (Å²) in [6.07, 6.45) is -1.84. The molecule has 0 saturated heterocycles. The van der Waals surface area contributed by atoms with Gasteiger partial charge in [0.15, 0.2) is 0 Å². The molecule has 108 valence electrons. The number of carboxylic acids is 1. The van der Waals surface area contributed by atoms with Gasteiger partial charge in [0.1, 0.15) is 6.10 Å². The minimum Gasteiger partial charge on any atom is -0.478 e. The Morgan fingerprint density at radius 1 is 1.30 bits per heavy atom. The summed E-state index contributed by atoms with van der Waals surface area (Å²) in [5.41, 5.74) is 1.04. The fraction of sp³-hybridized carbons (Fsp3) is 0.333. The SMILES string of the molecule is C=C(C)C[C@H](OC)[C@H](OC(=O)c1ccccc1)C(=O)O. The number of carbonyl (C=O) groups is 2. The van der Waals surface area contributed by atoms with Crippen LogP contribution in [0.3, 0.4) is 0 Å². The van der Waals surface area contributed by atoms with Crippen LogP contribution in [0, 0.1) is 0 Å².